The molecule has 0 atom stereocenters. The molecule has 0 saturated carbocycles. The van der Waals surface area contributed by atoms with Gasteiger partial charge < -0.3 is 4.90 Å². The maximum Gasteiger partial charge on any atom is 0.205 e. The van der Waals surface area contributed by atoms with E-state index in [2.05, 4.69) is 143 Å². The molecule has 2 aromatic carbocycles. The summed E-state index contributed by atoms with van der Waals surface area (Å²) in [5.41, 5.74) is 15.6. The van der Waals surface area contributed by atoms with Gasteiger partial charge in [-0.2, -0.15) is 4.58 Å². The first-order valence-corrected chi connectivity index (χ1v) is 16.8. The largest absolute Gasteiger partial charge is 0.347 e. The first kappa shape index (κ1) is 31.8. The maximum atomic E-state index is 2.46. The molecule has 2 heterocycles. The molecule has 0 N–H and O–H groups in total. The zero-order valence-corrected chi connectivity index (χ0v) is 28.7. The minimum atomic E-state index is -0.0178. The van der Waals surface area contributed by atoms with Gasteiger partial charge in [0, 0.05) is 35.5 Å². The predicted molar refractivity (Wildman–Crippen MR) is 191 cm³/mol. The minimum absolute atomic E-state index is 0.0178. The van der Waals surface area contributed by atoms with Crippen molar-refractivity contribution in [1.29, 1.82) is 0 Å². The van der Waals surface area contributed by atoms with E-state index in [1.54, 1.807) is 0 Å². The predicted octanol–water partition coefficient (Wildman–Crippen LogP) is 10.6. The standard InChI is InChI=1S/C40H47N2.C2H6/c1-28-19-21-29(22-20-28)27-32-30(23-25-37-39(2,3)33-15-8-10-17-35(33)41(37)6)13-12-14-31(32)24-26-38-40(4,5)34-16-9-11-18-36(34)42(38)7;1-2/h8,10,15-26H,9,11-14,27H2,1-7H3;1-2H3/q+1;. The van der Waals surface area contributed by atoms with E-state index in [1.807, 2.05) is 13.8 Å². The van der Waals surface area contributed by atoms with Gasteiger partial charge in [0.2, 0.25) is 5.70 Å². The first-order valence-electron chi connectivity index (χ1n) is 16.8. The van der Waals surface area contributed by atoms with Crippen LogP contribution in [0.4, 0.5) is 5.69 Å². The Morgan fingerprint density at radius 3 is 2.25 bits per heavy atom. The number of hydrogen-bond acceptors (Lipinski definition) is 1. The van der Waals surface area contributed by atoms with Crippen LogP contribution in [0.5, 0.6) is 0 Å². The number of hydrogen-bond donors (Lipinski definition) is 0. The topological polar surface area (TPSA) is 6.25 Å². The summed E-state index contributed by atoms with van der Waals surface area (Å²) in [6, 6.07) is 18.0. The number of aryl methyl sites for hydroxylation is 1. The van der Waals surface area contributed by atoms with Crippen LogP contribution in [-0.4, -0.2) is 24.4 Å². The third kappa shape index (κ3) is 5.76. The van der Waals surface area contributed by atoms with Crippen molar-refractivity contribution in [2.24, 2.45) is 5.41 Å². The maximum absolute atomic E-state index is 2.46. The molecule has 2 aromatic rings. The summed E-state index contributed by atoms with van der Waals surface area (Å²) in [7, 11) is 4.47. The number of likely N-dealkylation sites (N-methyl/N-ethyl adjacent to an activating group) is 2. The number of allylic oxidation sites excluding steroid dienone is 11. The Kier molecular flexibility index (Phi) is 9.21. The molecule has 230 valence electrons. The highest BCUT2D eigenvalue weighted by molar-refractivity contribution is 6.00. The molecule has 2 aliphatic carbocycles. The number of nitrogens with zero attached hydrogens (tertiary/aromatic N) is 2. The van der Waals surface area contributed by atoms with Crippen molar-refractivity contribution in [1.82, 2.24) is 0 Å². The molecule has 0 bridgehead atoms. The molecule has 0 aromatic heterocycles. The van der Waals surface area contributed by atoms with Gasteiger partial charge in [-0.1, -0.05) is 94.0 Å². The van der Waals surface area contributed by atoms with Crippen molar-refractivity contribution >= 4 is 11.4 Å². The van der Waals surface area contributed by atoms with Gasteiger partial charge in [-0.3, -0.25) is 0 Å². The zero-order valence-electron chi connectivity index (χ0n) is 28.7. The molecule has 0 fully saturated rings. The third-order valence-electron chi connectivity index (χ3n) is 10.2. The molecule has 0 radical (unpaired) electrons. The van der Waals surface area contributed by atoms with Crippen LogP contribution in [0.2, 0.25) is 0 Å². The van der Waals surface area contributed by atoms with Crippen molar-refractivity contribution in [3.8, 4) is 0 Å². The summed E-state index contributed by atoms with van der Waals surface area (Å²) in [5.74, 6) is 0. The Hall–Kier alpha value is -3.65. The van der Waals surface area contributed by atoms with E-state index in [4.69, 9.17) is 0 Å². The molecule has 2 heteroatoms. The Balaban J connectivity index is 0.00000188. The number of fused-ring (bicyclic) bond motifs is 2. The van der Waals surface area contributed by atoms with Crippen molar-refractivity contribution in [2.45, 2.75) is 92.4 Å². The van der Waals surface area contributed by atoms with Crippen LogP contribution in [0, 0.1) is 12.3 Å². The summed E-state index contributed by atoms with van der Waals surface area (Å²) in [5, 5.41) is 0. The number of benzene rings is 2. The Morgan fingerprint density at radius 2 is 1.55 bits per heavy atom. The van der Waals surface area contributed by atoms with Gasteiger partial charge in [-0.15, -0.1) is 0 Å². The lowest BCUT2D eigenvalue weighted by molar-refractivity contribution is -0.434. The fourth-order valence-corrected chi connectivity index (χ4v) is 7.71. The van der Waals surface area contributed by atoms with Crippen LogP contribution >= 0.6 is 0 Å². The van der Waals surface area contributed by atoms with E-state index in [0.717, 1.165) is 32.1 Å². The second kappa shape index (κ2) is 12.8. The number of anilines is 1. The monoisotopic (exact) mass is 585 g/mol. The Labute approximate surface area is 267 Å². The fraction of sp³-hybridized carbons (Fsp3) is 0.405. The molecule has 0 unspecified atom stereocenters. The number of para-hydroxylation sites is 1. The highest BCUT2D eigenvalue weighted by Crippen LogP contribution is 2.47. The average molecular weight is 586 g/mol. The molecule has 0 amide bonds. The fourth-order valence-electron chi connectivity index (χ4n) is 7.71. The van der Waals surface area contributed by atoms with E-state index < -0.39 is 0 Å². The van der Waals surface area contributed by atoms with Crippen molar-refractivity contribution in [3.63, 3.8) is 0 Å². The SMILES string of the molecule is CC.Cc1ccc(CC2=C(/C=C/C3=[N+](C)C4=CCCC=C4C3(C)C)CCC/C2=C\C=C2\N(C)c3ccccc3C2(C)C)cc1. The molecular formula is C42H53N2+. The van der Waals surface area contributed by atoms with E-state index in [0.29, 0.717) is 0 Å². The molecule has 0 spiro atoms. The molecule has 6 rings (SSSR count). The van der Waals surface area contributed by atoms with E-state index >= 15 is 0 Å². The van der Waals surface area contributed by atoms with Crippen LogP contribution in [-0.2, 0) is 11.8 Å². The lowest BCUT2D eigenvalue weighted by Crippen LogP contribution is -2.23. The molecule has 2 aliphatic heterocycles. The van der Waals surface area contributed by atoms with Gasteiger partial charge in [0.05, 0.1) is 5.41 Å². The van der Waals surface area contributed by atoms with Crippen LogP contribution in [0.15, 0.2) is 119 Å². The summed E-state index contributed by atoms with van der Waals surface area (Å²) in [4.78, 5) is 2.39. The average Bonchev–Trinajstić information content (AvgIpc) is 3.35. The highest BCUT2D eigenvalue weighted by Gasteiger charge is 2.46. The van der Waals surface area contributed by atoms with Crippen LogP contribution in [0.3, 0.4) is 0 Å². The normalized spacial score (nSPS) is 22.2. The van der Waals surface area contributed by atoms with Gasteiger partial charge in [-0.25, -0.2) is 0 Å². The molecule has 0 saturated heterocycles. The van der Waals surface area contributed by atoms with Crippen LogP contribution < -0.4 is 4.90 Å². The van der Waals surface area contributed by atoms with Gasteiger partial charge in [-0.05, 0) is 105 Å². The lowest BCUT2D eigenvalue weighted by Gasteiger charge is -2.25. The molecule has 4 aliphatic rings. The van der Waals surface area contributed by atoms with E-state index in [-0.39, 0.29) is 10.8 Å². The van der Waals surface area contributed by atoms with E-state index in [9.17, 15) is 0 Å². The van der Waals surface area contributed by atoms with E-state index in [1.165, 1.54) is 68.2 Å². The highest BCUT2D eigenvalue weighted by atomic mass is 15.2. The smallest absolute Gasteiger partial charge is 0.205 e. The first-order chi connectivity index (χ1) is 21.1. The lowest BCUT2D eigenvalue weighted by atomic mass is 9.78. The summed E-state index contributed by atoms with van der Waals surface area (Å²) >= 11 is 0. The second-order valence-electron chi connectivity index (χ2n) is 13.7. The van der Waals surface area contributed by atoms with Gasteiger partial charge >= 0.3 is 0 Å². The molecular weight excluding hydrogens is 532 g/mol. The number of rotatable bonds is 5. The summed E-state index contributed by atoms with van der Waals surface area (Å²) in [6.45, 7) is 15.7. The second-order valence-corrected chi connectivity index (χ2v) is 13.7. The Bertz CT molecular complexity index is 1630. The summed E-state index contributed by atoms with van der Waals surface area (Å²) < 4.78 is 2.43. The third-order valence-corrected chi connectivity index (χ3v) is 10.2. The Morgan fingerprint density at radius 1 is 0.841 bits per heavy atom. The van der Waals surface area contributed by atoms with Gasteiger partial charge in [0.15, 0.2) is 5.71 Å². The molecule has 2 nitrogen and oxygen atoms in total. The van der Waals surface area contributed by atoms with Crippen LogP contribution in [0.25, 0.3) is 0 Å². The molecule has 44 heavy (non-hydrogen) atoms. The summed E-state index contributed by atoms with van der Waals surface area (Å²) in [6.07, 6.45) is 21.3. The van der Waals surface area contributed by atoms with Crippen molar-refractivity contribution in [2.75, 3.05) is 19.0 Å². The van der Waals surface area contributed by atoms with Gasteiger partial charge in [0.1, 0.15) is 7.05 Å². The minimum Gasteiger partial charge on any atom is -0.347 e. The van der Waals surface area contributed by atoms with Crippen LogP contribution in [0.1, 0.15) is 90.3 Å². The quantitative estimate of drug-likeness (QED) is 0.316. The van der Waals surface area contributed by atoms with Gasteiger partial charge in [0.25, 0.3) is 0 Å². The van der Waals surface area contributed by atoms with Crippen molar-refractivity contribution in [3.05, 3.63) is 135 Å². The van der Waals surface area contributed by atoms with Crippen molar-refractivity contribution < 1.29 is 4.58 Å². The zero-order chi connectivity index (χ0) is 31.6.